The van der Waals surface area contributed by atoms with Crippen molar-refractivity contribution >= 4 is 32.6 Å². The Hall–Kier alpha value is -3.57. The van der Waals surface area contributed by atoms with Crippen molar-refractivity contribution in [3.63, 3.8) is 0 Å². The summed E-state index contributed by atoms with van der Waals surface area (Å²) < 4.78 is 16.5. The van der Waals surface area contributed by atoms with E-state index in [1.807, 2.05) is 12.3 Å². The van der Waals surface area contributed by atoms with E-state index in [1.54, 1.807) is 53.3 Å². The molecular formula is C20H14FN5OS. The van der Waals surface area contributed by atoms with Crippen molar-refractivity contribution in [1.29, 1.82) is 5.26 Å². The first-order valence-electron chi connectivity index (χ1n) is 8.50. The van der Waals surface area contributed by atoms with E-state index >= 15 is 0 Å². The van der Waals surface area contributed by atoms with Crippen molar-refractivity contribution in [2.24, 2.45) is 0 Å². The average molecular weight is 391 g/mol. The van der Waals surface area contributed by atoms with Crippen LogP contribution in [0.25, 0.3) is 10.2 Å². The van der Waals surface area contributed by atoms with Crippen LogP contribution in [-0.2, 0) is 6.54 Å². The van der Waals surface area contributed by atoms with Crippen LogP contribution in [0.2, 0.25) is 0 Å². The van der Waals surface area contributed by atoms with Crippen LogP contribution in [0.3, 0.4) is 0 Å². The van der Waals surface area contributed by atoms with Gasteiger partial charge in [-0.3, -0.25) is 14.4 Å². The fraction of sp³-hybridized carbons (Fsp3) is 0.100. The maximum absolute atomic E-state index is 14.1. The molecule has 138 valence electrons. The Balaban J connectivity index is 1.70. The molecule has 0 aliphatic heterocycles. The van der Waals surface area contributed by atoms with E-state index in [2.05, 4.69) is 10.1 Å². The largest absolute Gasteiger partial charge is 0.282 e. The quantitative estimate of drug-likeness (QED) is 0.518. The number of thiazole rings is 1. The second-order valence-electron chi connectivity index (χ2n) is 6.00. The lowest BCUT2D eigenvalue weighted by atomic mass is 10.1. The summed E-state index contributed by atoms with van der Waals surface area (Å²) in [5.74, 6) is -0.686. The summed E-state index contributed by atoms with van der Waals surface area (Å²) in [4.78, 5) is 19.0. The van der Waals surface area contributed by atoms with Crippen LogP contribution in [0, 0.1) is 17.1 Å². The topological polar surface area (TPSA) is 74.8 Å². The predicted molar refractivity (Wildman–Crippen MR) is 105 cm³/mol. The maximum atomic E-state index is 14.1. The molecule has 0 atom stereocenters. The summed E-state index contributed by atoms with van der Waals surface area (Å²) in [5.41, 5.74) is 1.15. The Morgan fingerprint density at radius 2 is 2.04 bits per heavy atom. The van der Waals surface area contributed by atoms with Gasteiger partial charge in [-0.05, 0) is 42.5 Å². The van der Waals surface area contributed by atoms with E-state index in [9.17, 15) is 9.18 Å². The zero-order valence-corrected chi connectivity index (χ0v) is 15.4. The van der Waals surface area contributed by atoms with Gasteiger partial charge in [0, 0.05) is 24.5 Å². The number of rotatable bonds is 5. The third kappa shape index (κ3) is 3.48. The molecule has 0 spiro atoms. The van der Waals surface area contributed by atoms with Crippen LogP contribution in [0.5, 0.6) is 0 Å². The van der Waals surface area contributed by atoms with Crippen molar-refractivity contribution in [3.8, 4) is 6.07 Å². The van der Waals surface area contributed by atoms with Gasteiger partial charge in [-0.1, -0.05) is 17.4 Å². The van der Waals surface area contributed by atoms with Gasteiger partial charge in [0.2, 0.25) is 0 Å². The minimum Gasteiger partial charge on any atom is -0.282 e. The van der Waals surface area contributed by atoms with Crippen LogP contribution in [0.1, 0.15) is 15.9 Å². The van der Waals surface area contributed by atoms with Gasteiger partial charge < -0.3 is 0 Å². The molecule has 4 aromatic rings. The van der Waals surface area contributed by atoms with Gasteiger partial charge in [-0.25, -0.2) is 9.37 Å². The number of para-hydroxylation sites is 1. The molecule has 0 aliphatic rings. The average Bonchev–Trinajstić information content (AvgIpc) is 3.39. The second-order valence-corrected chi connectivity index (χ2v) is 7.01. The molecular weight excluding hydrogens is 377 g/mol. The van der Waals surface area contributed by atoms with Gasteiger partial charge in [-0.15, -0.1) is 0 Å². The van der Waals surface area contributed by atoms with Crippen molar-refractivity contribution in [2.45, 2.75) is 6.54 Å². The number of nitriles is 1. The summed E-state index contributed by atoms with van der Waals surface area (Å²) in [6.07, 6.45) is 3.47. The molecule has 0 fully saturated rings. The Morgan fingerprint density at radius 1 is 1.21 bits per heavy atom. The van der Waals surface area contributed by atoms with E-state index in [-0.39, 0.29) is 11.4 Å². The number of anilines is 1. The molecule has 6 nitrogen and oxygen atoms in total. The minimum absolute atomic E-state index is 0.249. The van der Waals surface area contributed by atoms with E-state index in [4.69, 9.17) is 5.26 Å². The molecule has 0 bridgehead atoms. The predicted octanol–water partition coefficient (Wildman–Crippen LogP) is 3.85. The summed E-state index contributed by atoms with van der Waals surface area (Å²) >= 11 is 1.26. The third-order valence-electron chi connectivity index (χ3n) is 4.21. The molecule has 0 N–H and O–H groups in total. The normalized spacial score (nSPS) is 10.7. The highest BCUT2D eigenvalue weighted by molar-refractivity contribution is 7.22. The number of nitrogens with zero attached hydrogens (tertiary/aromatic N) is 5. The SMILES string of the molecule is N#Cc1ccc(C(=O)N(CCn2cccn2)c2nc3c(F)cccc3s2)cc1. The first-order chi connectivity index (χ1) is 13.7. The Kier molecular flexibility index (Phi) is 4.83. The van der Waals surface area contributed by atoms with Crippen molar-refractivity contribution in [3.05, 3.63) is 77.9 Å². The van der Waals surface area contributed by atoms with E-state index < -0.39 is 5.82 Å². The second kappa shape index (κ2) is 7.58. The molecule has 0 aliphatic carbocycles. The number of hydrogen-bond donors (Lipinski definition) is 0. The van der Waals surface area contributed by atoms with Crippen molar-refractivity contribution in [2.75, 3.05) is 11.4 Å². The third-order valence-corrected chi connectivity index (χ3v) is 5.25. The lowest BCUT2D eigenvalue weighted by Gasteiger charge is -2.20. The standard InChI is InChI=1S/C20H14FN5OS/c21-16-3-1-4-17-18(16)24-20(28-17)26(12-11-25-10-2-9-23-25)19(27)15-7-5-14(13-22)6-8-15/h1-10H,11-12H2. The summed E-state index contributed by atoms with van der Waals surface area (Å²) in [6, 6.07) is 15.0. The Morgan fingerprint density at radius 3 is 2.71 bits per heavy atom. The molecule has 2 heterocycles. The molecule has 0 radical (unpaired) electrons. The number of hydrogen-bond acceptors (Lipinski definition) is 5. The monoisotopic (exact) mass is 391 g/mol. The fourth-order valence-corrected chi connectivity index (χ4v) is 3.79. The highest BCUT2D eigenvalue weighted by Crippen LogP contribution is 2.31. The fourth-order valence-electron chi connectivity index (χ4n) is 2.78. The molecule has 0 saturated carbocycles. The summed E-state index contributed by atoms with van der Waals surface area (Å²) in [6.45, 7) is 0.787. The Labute approximate surface area is 164 Å². The van der Waals surface area contributed by atoms with Crippen LogP contribution in [0.4, 0.5) is 9.52 Å². The van der Waals surface area contributed by atoms with E-state index in [0.717, 1.165) is 0 Å². The van der Waals surface area contributed by atoms with Crippen LogP contribution in [0.15, 0.2) is 60.9 Å². The van der Waals surface area contributed by atoms with E-state index in [0.29, 0.717) is 34.0 Å². The first kappa shape index (κ1) is 17.8. The minimum atomic E-state index is -0.419. The molecule has 0 saturated heterocycles. The van der Waals surface area contributed by atoms with Gasteiger partial charge in [0.1, 0.15) is 11.3 Å². The number of halogens is 1. The molecule has 8 heteroatoms. The number of carbonyl (C=O) groups excluding carboxylic acids is 1. The molecule has 0 unspecified atom stereocenters. The summed E-state index contributed by atoms with van der Waals surface area (Å²) in [5, 5.41) is 13.5. The van der Waals surface area contributed by atoms with Crippen LogP contribution < -0.4 is 4.90 Å². The maximum Gasteiger partial charge on any atom is 0.260 e. The smallest absolute Gasteiger partial charge is 0.260 e. The van der Waals surface area contributed by atoms with Crippen molar-refractivity contribution in [1.82, 2.24) is 14.8 Å². The van der Waals surface area contributed by atoms with Gasteiger partial charge in [0.15, 0.2) is 5.13 Å². The molecule has 1 amide bonds. The zero-order chi connectivity index (χ0) is 19.5. The molecule has 4 rings (SSSR count). The first-order valence-corrected chi connectivity index (χ1v) is 9.32. The van der Waals surface area contributed by atoms with Crippen LogP contribution >= 0.6 is 11.3 Å². The number of amides is 1. The van der Waals surface area contributed by atoms with Gasteiger partial charge in [0.05, 0.1) is 22.9 Å². The van der Waals surface area contributed by atoms with Crippen molar-refractivity contribution < 1.29 is 9.18 Å². The van der Waals surface area contributed by atoms with Gasteiger partial charge in [0.25, 0.3) is 5.91 Å². The molecule has 28 heavy (non-hydrogen) atoms. The molecule has 2 aromatic heterocycles. The number of carbonyl (C=O) groups is 1. The van der Waals surface area contributed by atoms with Crippen LogP contribution in [-0.4, -0.2) is 27.2 Å². The summed E-state index contributed by atoms with van der Waals surface area (Å²) in [7, 11) is 0. The number of aromatic nitrogens is 3. The Bertz CT molecular complexity index is 1160. The highest BCUT2D eigenvalue weighted by atomic mass is 32.1. The molecule has 2 aromatic carbocycles. The van der Waals surface area contributed by atoms with Gasteiger partial charge in [-0.2, -0.15) is 10.4 Å². The zero-order valence-electron chi connectivity index (χ0n) is 14.6. The van der Waals surface area contributed by atoms with E-state index in [1.165, 1.54) is 22.3 Å². The highest BCUT2D eigenvalue weighted by Gasteiger charge is 2.22. The number of benzene rings is 2. The van der Waals surface area contributed by atoms with Gasteiger partial charge >= 0.3 is 0 Å². The number of fused-ring (bicyclic) bond motifs is 1. The lowest BCUT2D eigenvalue weighted by Crippen LogP contribution is -2.34. The lowest BCUT2D eigenvalue weighted by molar-refractivity contribution is 0.0986.